The van der Waals surface area contributed by atoms with Crippen LogP contribution in [0.15, 0.2) is 40.2 Å². The number of imide groups is 2. The third kappa shape index (κ3) is 3.99. The van der Waals surface area contributed by atoms with E-state index in [1.165, 1.54) is 25.6 Å². The number of carbonyl (C=O) groups excluding carboxylic acids is 3. The number of hydrogen-bond acceptors (Lipinski definition) is 9. The van der Waals surface area contributed by atoms with E-state index in [9.17, 15) is 14.4 Å². The fourth-order valence-electron chi connectivity index (χ4n) is 3.11. The molecule has 1 fully saturated rings. The van der Waals surface area contributed by atoms with Crippen LogP contribution in [0.5, 0.6) is 11.5 Å². The molecule has 31 heavy (non-hydrogen) atoms. The van der Waals surface area contributed by atoms with Gasteiger partial charge in [0.05, 0.1) is 14.2 Å². The molecule has 4 amide bonds. The lowest BCUT2D eigenvalue weighted by molar-refractivity contribution is -0.143. The van der Waals surface area contributed by atoms with Gasteiger partial charge in [0.2, 0.25) is 11.7 Å². The number of hydrogen-bond donors (Lipinski definition) is 0. The van der Waals surface area contributed by atoms with Crippen LogP contribution in [0.2, 0.25) is 0 Å². The van der Waals surface area contributed by atoms with E-state index in [0.29, 0.717) is 23.5 Å². The number of thiophene rings is 1. The molecule has 0 radical (unpaired) electrons. The summed E-state index contributed by atoms with van der Waals surface area (Å²) in [5.74, 6) is -0.467. The third-order valence-electron chi connectivity index (χ3n) is 4.70. The molecule has 160 valence electrons. The number of ether oxygens (including phenoxy) is 2. The van der Waals surface area contributed by atoms with Gasteiger partial charge in [0.1, 0.15) is 6.54 Å². The van der Waals surface area contributed by atoms with Crippen molar-refractivity contribution >= 4 is 29.2 Å². The minimum Gasteiger partial charge on any atom is -0.493 e. The molecular formula is C20H18N4O6S. The van der Waals surface area contributed by atoms with Crippen LogP contribution < -0.4 is 9.47 Å². The Morgan fingerprint density at radius 3 is 2.52 bits per heavy atom. The van der Waals surface area contributed by atoms with Crippen molar-refractivity contribution in [2.45, 2.75) is 13.0 Å². The fraction of sp³-hybridized carbons (Fsp3) is 0.250. The monoisotopic (exact) mass is 442 g/mol. The maximum absolute atomic E-state index is 12.6. The number of carbonyl (C=O) groups is 3. The Morgan fingerprint density at radius 2 is 1.81 bits per heavy atom. The maximum Gasteiger partial charge on any atom is 0.334 e. The number of amides is 4. The Balaban J connectivity index is 1.47. The first-order valence-electron chi connectivity index (χ1n) is 9.26. The molecule has 0 bridgehead atoms. The summed E-state index contributed by atoms with van der Waals surface area (Å²) in [6, 6.07) is 8.19. The van der Waals surface area contributed by atoms with E-state index < -0.39 is 17.8 Å². The number of aromatic nitrogens is 2. The fourth-order valence-corrected chi connectivity index (χ4v) is 3.81. The molecule has 4 rings (SSSR count). The normalized spacial score (nSPS) is 13.9. The predicted octanol–water partition coefficient (Wildman–Crippen LogP) is 2.35. The average Bonchev–Trinajstić information content (AvgIpc) is 3.51. The van der Waals surface area contributed by atoms with Gasteiger partial charge in [0.25, 0.3) is 0 Å². The smallest absolute Gasteiger partial charge is 0.334 e. The molecule has 0 aliphatic carbocycles. The molecule has 3 aromatic rings. The highest BCUT2D eigenvalue weighted by atomic mass is 32.1. The minimum atomic E-state index is -0.915. The van der Waals surface area contributed by atoms with Crippen molar-refractivity contribution in [1.82, 2.24) is 19.9 Å². The second-order valence-corrected chi connectivity index (χ2v) is 7.57. The zero-order valence-corrected chi connectivity index (χ0v) is 17.5. The number of urea groups is 1. The summed E-state index contributed by atoms with van der Waals surface area (Å²) in [7, 11) is 3.04. The highest BCUT2D eigenvalue weighted by Crippen LogP contribution is 2.31. The number of benzene rings is 1. The van der Waals surface area contributed by atoms with E-state index in [1.807, 2.05) is 17.5 Å². The van der Waals surface area contributed by atoms with Gasteiger partial charge in [-0.05, 0) is 29.6 Å². The zero-order valence-electron chi connectivity index (χ0n) is 16.7. The molecule has 0 unspecified atom stereocenters. The van der Waals surface area contributed by atoms with Crippen molar-refractivity contribution in [3.8, 4) is 22.9 Å². The van der Waals surface area contributed by atoms with Gasteiger partial charge in [-0.15, -0.1) is 11.3 Å². The Morgan fingerprint density at radius 1 is 1.03 bits per heavy atom. The van der Waals surface area contributed by atoms with E-state index in [4.69, 9.17) is 14.0 Å². The number of methoxy groups -OCH3 is 2. The second-order valence-electron chi connectivity index (χ2n) is 6.54. The van der Waals surface area contributed by atoms with E-state index >= 15 is 0 Å². The van der Waals surface area contributed by atoms with E-state index in [2.05, 4.69) is 10.1 Å². The predicted molar refractivity (Wildman–Crippen MR) is 109 cm³/mol. The summed E-state index contributed by atoms with van der Waals surface area (Å²) in [4.78, 5) is 44.2. The van der Waals surface area contributed by atoms with Crippen LogP contribution in [0.1, 0.15) is 10.8 Å². The van der Waals surface area contributed by atoms with Crippen LogP contribution in [0.3, 0.4) is 0 Å². The van der Waals surface area contributed by atoms with Crippen molar-refractivity contribution in [3.05, 3.63) is 46.5 Å². The molecule has 10 nitrogen and oxygen atoms in total. The summed E-state index contributed by atoms with van der Waals surface area (Å²) in [5, 5.41) is 5.80. The largest absolute Gasteiger partial charge is 0.493 e. The molecule has 0 N–H and O–H groups in total. The molecule has 1 aliphatic heterocycles. The summed E-state index contributed by atoms with van der Waals surface area (Å²) in [6.45, 7) is -0.166. The highest BCUT2D eigenvalue weighted by Gasteiger charge is 2.44. The van der Waals surface area contributed by atoms with Crippen LogP contribution in [-0.4, -0.2) is 58.6 Å². The number of rotatable bonds is 8. The zero-order chi connectivity index (χ0) is 22.0. The summed E-state index contributed by atoms with van der Waals surface area (Å²) >= 11 is 1.52. The quantitative estimate of drug-likeness (QED) is 0.386. The van der Waals surface area contributed by atoms with E-state index in [1.54, 1.807) is 18.2 Å². The van der Waals surface area contributed by atoms with Crippen LogP contribution >= 0.6 is 11.3 Å². The molecule has 0 atom stereocenters. The first kappa shape index (κ1) is 20.5. The molecule has 0 saturated carbocycles. The lowest BCUT2D eigenvalue weighted by Crippen LogP contribution is -2.34. The van der Waals surface area contributed by atoms with Gasteiger partial charge >= 0.3 is 17.8 Å². The second kappa shape index (κ2) is 8.56. The van der Waals surface area contributed by atoms with Crippen LogP contribution in [0.4, 0.5) is 4.79 Å². The molecular weight excluding hydrogens is 424 g/mol. The maximum atomic E-state index is 12.6. The summed E-state index contributed by atoms with van der Waals surface area (Å²) in [6.07, 6.45) is 0.486. The standard InChI is InChI=1S/C20H18N4O6S/c1-28-14-6-5-12(10-15(14)29-2)17-21-16(30-22-17)11-24-19(26)18(25)23(20(24)27)8-7-13-4-3-9-31-13/h3-6,9-10H,7-8,11H2,1-2H3. The van der Waals surface area contributed by atoms with Gasteiger partial charge in [-0.3, -0.25) is 14.5 Å². The SMILES string of the molecule is COc1ccc(-c2noc(CN3C(=O)C(=O)N(CCc4cccs4)C3=O)n2)cc1OC. The van der Waals surface area contributed by atoms with Crippen LogP contribution in [0.25, 0.3) is 11.4 Å². The first-order valence-corrected chi connectivity index (χ1v) is 10.1. The van der Waals surface area contributed by atoms with Gasteiger partial charge in [0, 0.05) is 23.4 Å². The molecule has 3 heterocycles. The Kier molecular flexibility index (Phi) is 5.67. The first-order chi connectivity index (χ1) is 15.0. The molecule has 1 aromatic carbocycles. The topological polar surface area (TPSA) is 115 Å². The van der Waals surface area contributed by atoms with Crippen LogP contribution in [-0.2, 0) is 22.6 Å². The molecule has 11 heteroatoms. The van der Waals surface area contributed by atoms with E-state index in [-0.39, 0.29) is 24.8 Å². The van der Waals surface area contributed by atoms with Crippen molar-refractivity contribution in [2.75, 3.05) is 20.8 Å². The van der Waals surface area contributed by atoms with Crippen molar-refractivity contribution in [1.29, 1.82) is 0 Å². The molecule has 1 aliphatic rings. The molecule has 1 saturated heterocycles. The van der Waals surface area contributed by atoms with Gasteiger partial charge in [-0.1, -0.05) is 11.2 Å². The van der Waals surface area contributed by atoms with Crippen molar-refractivity contribution in [3.63, 3.8) is 0 Å². The number of nitrogens with zero attached hydrogens (tertiary/aromatic N) is 4. The Labute approximate surface area is 181 Å². The third-order valence-corrected chi connectivity index (χ3v) is 5.64. The summed E-state index contributed by atoms with van der Waals surface area (Å²) < 4.78 is 15.7. The lowest BCUT2D eigenvalue weighted by atomic mass is 10.2. The van der Waals surface area contributed by atoms with Gasteiger partial charge in [-0.2, -0.15) is 4.98 Å². The van der Waals surface area contributed by atoms with Gasteiger partial charge < -0.3 is 14.0 Å². The molecule has 0 spiro atoms. The summed E-state index contributed by atoms with van der Waals surface area (Å²) in [5.41, 5.74) is 0.598. The van der Waals surface area contributed by atoms with E-state index in [0.717, 1.165) is 14.7 Å². The minimum absolute atomic E-state index is 0.0272. The highest BCUT2D eigenvalue weighted by molar-refractivity contribution is 7.09. The average molecular weight is 442 g/mol. The van der Waals surface area contributed by atoms with Gasteiger partial charge in [-0.25, -0.2) is 9.69 Å². The molecule has 2 aromatic heterocycles. The van der Waals surface area contributed by atoms with Crippen molar-refractivity contribution < 1.29 is 28.4 Å². The van der Waals surface area contributed by atoms with Crippen LogP contribution in [0, 0.1) is 0 Å². The van der Waals surface area contributed by atoms with Gasteiger partial charge in [0.15, 0.2) is 11.5 Å². The lowest BCUT2D eigenvalue weighted by Gasteiger charge is -2.13. The van der Waals surface area contributed by atoms with Crippen molar-refractivity contribution in [2.24, 2.45) is 0 Å². The Hall–Kier alpha value is -3.73. The Bertz CT molecular complexity index is 1130.